The van der Waals surface area contributed by atoms with Crippen LogP contribution in [0.3, 0.4) is 0 Å². The van der Waals surface area contributed by atoms with Gasteiger partial charge in [-0.2, -0.15) is 13.2 Å². The summed E-state index contributed by atoms with van der Waals surface area (Å²) in [6.07, 6.45) is -4.55. The third-order valence-electron chi connectivity index (χ3n) is 6.19. The summed E-state index contributed by atoms with van der Waals surface area (Å²) in [5.74, 6) is 0. The molecule has 1 N–H and O–H groups in total. The standard InChI is InChI=1S/C27H28BrF5N4/c1-6-19-14-21(26(30,18(3)29)27(31,32)33)16-24(28)25(19)36(4)17(2)20-8-7-9-22(15-20)35-37(5)23-10-12-34-13-11-23/h7-16,18,35H,2,6H2,1,3-5H3. The lowest BCUT2D eigenvalue weighted by Crippen LogP contribution is -2.45. The maximum atomic E-state index is 15.1. The molecule has 1 aromatic heterocycles. The van der Waals surface area contributed by atoms with Crippen LogP contribution < -0.4 is 15.3 Å². The summed E-state index contributed by atoms with van der Waals surface area (Å²) in [5.41, 5.74) is 2.26. The highest BCUT2D eigenvalue weighted by atomic mass is 79.9. The van der Waals surface area contributed by atoms with E-state index < -0.39 is 23.6 Å². The van der Waals surface area contributed by atoms with Crippen molar-refractivity contribution in [2.24, 2.45) is 0 Å². The van der Waals surface area contributed by atoms with E-state index in [-0.39, 0.29) is 10.9 Å². The van der Waals surface area contributed by atoms with E-state index in [2.05, 4.69) is 32.9 Å². The SMILES string of the molecule is C=C(c1cccc(NN(C)c2ccncc2)c1)N(C)c1c(Br)cc(C(F)(C(C)F)C(F)(F)F)cc1CC. The topological polar surface area (TPSA) is 31.4 Å². The van der Waals surface area contributed by atoms with Crippen LogP contribution in [0.25, 0.3) is 5.70 Å². The Balaban J connectivity index is 1.94. The zero-order valence-electron chi connectivity index (χ0n) is 20.9. The van der Waals surface area contributed by atoms with Crippen molar-refractivity contribution in [2.45, 2.75) is 38.3 Å². The van der Waals surface area contributed by atoms with Gasteiger partial charge in [0.2, 0.25) is 0 Å². The van der Waals surface area contributed by atoms with Gasteiger partial charge in [0, 0.05) is 42.2 Å². The normalized spacial score (nSPS) is 14.0. The maximum Gasteiger partial charge on any atom is 0.429 e. The number of aryl methyl sites for hydroxylation is 1. The van der Waals surface area contributed by atoms with Crippen molar-refractivity contribution < 1.29 is 22.0 Å². The van der Waals surface area contributed by atoms with E-state index in [1.807, 2.05) is 48.5 Å². The minimum atomic E-state index is -5.42. The molecule has 0 aliphatic heterocycles. The molecule has 37 heavy (non-hydrogen) atoms. The van der Waals surface area contributed by atoms with Crippen LogP contribution in [-0.2, 0) is 12.1 Å². The van der Waals surface area contributed by atoms with Crippen molar-refractivity contribution in [1.29, 1.82) is 0 Å². The number of alkyl halides is 5. The molecule has 3 aromatic rings. The van der Waals surface area contributed by atoms with Gasteiger partial charge in [-0.05, 0) is 70.7 Å². The number of halogens is 6. The number of nitrogens with one attached hydrogen (secondary N) is 1. The number of rotatable bonds is 9. The van der Waals surface area contributed by atoms with E-state index in [9.17, 15) is 17.6 Å². The van der Waals surface area contributed by atoms with Crippen LogP contribution in [0.15, 0.2) is 72.0 Å². The van der Waals surface area contributed by atoms with E-state index in [0.29, 0.717) is 23.9 Å². The highest BCUT2D eigenvalue weighted by Gasteiger charge is 2.61. The maximum absolute atomic E-state index is 15.1. The number of aromatic nitrogens is 1. The third kappa shape index (κ3) is 5.74. The fourth-order valence-corrected chi connectivity index (χ4v) is 4.82. The number of hydrogen-bond donors (Lipinski definition) is 1. The van der Waals surface area contributed by atoms with Gasteiger partial charge >= 0.3 is 6.18 Å². The minimum absolute atomic E-state index is 0.198. The first-order chi connectivity index (χ1) is 17.3. The Labute approximate surface area is 221 Å². The summed E-state index contributed by atoms with van der Waals surface area (Å²) < 4.78 is 70.1. The zero-order valence-corrected chi connectivity index (χ0v) is 22.5. The molecular weight excluding hydrogens is 555 g/mol. The summed E-state index contributed by atoms with van der Waals surface area (Å²) in [6, 6.07) is 13.2. The molecule has 3 rings (SSSR count). The molecule has 0 radical (unpaired) electrons. The summed E-state index contributed by atoms with van der Waals surface area (Å²) in [4.78, 5) is 5.72. The van der Waals surface area contributed by atoms with E-state index in [1.54, 1.807) is 31.3 Å². The first-order valence-corrected chi connectivity index (χ1v) is 12.3. The van der Waals surface area contributed by atoms with Gasteiger partial charge in [0.25, 0.3) is 5.67 Å². The molecule has 1 heterocycles. The van der Waals surface area contributed by atoms with Crippen LogP contribution in [0.5, 0.6) is 0 Å². The van der Waals surface area contributed by atoms with Gasteiger partial charge in [-0.25, -0.2) is 8.78 Å². The second kappa shape index (κ2) is 11.1. The average Bonchev–Trinajstić information content (AvgIpc) is 2.86. The van der Waals surface area contributed by atoms with Gasteiger partial charge in [0.1, 0.15) is 6.17 Å². The Morgan fingerprint density at radius 3 is 2.30 bits per heavy atom. The number of pyridine rings is 1. The van der Waals surface area contributed by atoms with Crippen LogP contribution in [-0.4, -0.2) is 31.4 Å². The molecule has 0 fully saturated rings. The molecule has 0 spiro atoms. The van der Waals surface area contributed by atoms with Gasteiger partial charge in [0.05, 0.1) is 17.1 Å². The minimum Gasteiger partial charge on any atom is -0.343 e. The fraction of sp³-hybridized carbons (Fsp3) is 0.296. The lowest BCUT2D eigenvalue weighted by molar-refractivity contribution is -0.254. The van der Waals surface area contributed by atoms with Crippen LogP contribution in [0.4, 0.5) is 39.0 Å². The van der Waals surface area contributed by atoms with E-state index in [4.69, 9.17) is 0 Å². The molecule has 10 heteroatoms. The van der Waals surface area contributed by atoms with Crippen molar-refractivity contribution in [3.05, 3.63) is 88.7 Å². The van der Waals surface area contributed by atoms with Crippen molar-refractivity contribution in [3.63, 3.8) is 0 Å². The Morgan fingerprint density at radius 2 is 1.73 bits per heavy atom. The van der Waals surface area contributed by atoms with Crippen molar-refractivity contribution in [3.8, 4) is 0 Å². The molecular formula is C27H28BrF5N4. The Morgan fingerprint density at radius 1 is 1.08 bits per heavy atom. The second-order valence-corrected chi connectivity index (χ2v) is 9.46. The Hall–Kier alpha value is -3.14. The molecule has 0 saturated heterocycles. The van der Waals surface area contributed by atoms with Crippen molar-refractivity contribution in [1.82, 2.24) is 4.98 Å². The Bertz CT molecular complexity index is 1250. The molecule has 4 nitrogen and oxygen atoms in total. The van der Waals surface area contributed by atoms with Gasteiger partial charge in [-0.1, -0.05) is 31.7 Å². The summed E-state index contributed by atoms with van der Waals surface area (Å²) in [5, 5.41) is 1.83. The van der Waals surface area contributed by atoms with Crippen molar-refractivity contribution in [2.75, 3.05) is 29.4 Å². The van der Waals surface area contributed by atoms with Gasteiger partial charge in [-0.15, -0.1) is 0 Å². The van der Waals surface area contributed by atoms with Gasteiger partial charge in [0.15, 0.2) is 0 Å². The van der Waals surface area contributed by atoms with Crippen LogP contribution in [0.2, 0.25) is 0 Å². The molecule has 2 aromatic carbocycles. The van der Waals surface area contributed by atoms with Crippen LogP contribution in [0.1, 0.15) is 30.5 Å². The van der Waals surface area contributed by atoms with Gasteiger partial charge in [-0.3, -0.25) is 15.4 Å². The summed E-state index contributed by atoms with van der Waals surface area (Å²) in [6.45, 7) is 6.48. The van der Waals surface area contributed by atoms with Crippen LogP contribution >= 0.6 is 15.9 Å². The molecule has 0 saturated carbocycles. The number of hydrogen-bond acceptors (Lipinski definition) is 4. The van der Waals surface area contributed by atoms with Gasteiger partial charge < -0.3 is 4.90 Å². The predicted octanol–water partition coefficient (Wildman–Crippen LogP) is 8.06. The lowest BCUT2D eigenvalue weighted by Gasteiger charge is -2.32. The highest BCUT2D eigenvalue weighted by Crippen LogP contribution is 2.49. The average molecular weight is 583 g/mol. The number of benzene rings is 2. The first kappa shape index (κ1) is 28.4. The zero-order chi connectivity index (χ0) is 27.5. The quantitative estimate of drug-likeness (QED) is 0.204. The fourth-order valence-electron chi connectivity index (χ4n) is 4.05. The molecule has 0 aliphatic carbocycles. The molecule has 198 valence electrons. The molecule has 0 amide bonds. The molecule has 0 bridgehead atoms. The molecule has 0 aliphatic rings. The predicted molar refractivity (Wildman–Crippen MR) is 143 cm³/mol. The number of nitrogens with zero attached hydrogens (tertiary/aromatic N) is 3. The summed E-state index contributed by atoms with van der Waals surface area (Å²) in [7, 11) is 3.58. The highest BCUT2D eigenvalue weighted by molar-refractivity contribution is 9.10. The molecule has 2 unspecified atom stereocenters. The van der Waals surface area contributed by atoms with E-state index >= 15 is 4.39 Å². The van der Waals surface area contributed by atoms with Crippen molar-refractivity contribution >= 4 is 38.7 Å². The third-order valence-corrected chi connectivity index (χ3v) is 6.79. The van der Waals surface area contributed by atoms with E-state index in [0.717, 1.165) is 29.1 Å². The van der Waals surface area contributed by atoms with Crippen LogP contribution in [0, 0.1) is 0 Å². The number of anilines is 3. The smallest absolute Gasteiger partial charge is 0.343 e. The van der Waals surface area contributed by atoms with E-state index in [1.165, 1.54) is 0 Å². The monoisotopic (exact) mass is 582 g/mol. The summed E-state index contributed by atoms with van der Waals surface area (Å²) >= 11 is 3.30. The molecule has 2 atom stereocenters. The second-order valence-electron chi connectivity index (χ2n) is 8.61. The first-order valence-electron chi connectivity index (χ1n) is 11.5. The Kier molecular flexibility index (Phi) is 8.52. The largest absolute Gasteiger partial charge is 0.429 e. The number of hydrazine groups is 1. The lowest BCUT2D eigenvalue weighted by atomic mass is 9.88.